The molecule has 73 heavy (non-hydrogen) atoms. The van der Waals surface area contributed by atoms with Crippen LogP contribution in [0.25, 0.3) is 0 Å². The summed E-state index contributed by atoms with van der Waals surface area (Å²) < 4.78 is 81.0. The van der Waals surface area contributed by atoms with Crippen LogP contribution in [-0.2, 0) is 25.4 Å². The first-order chi connectivity index (χ1) is 34.3. The highest BCUT2D eigenvalue weighted by Crippen LogP contribution is 2.42. The van der Waals surface area contributed by atoms with Crippen LogP contribution in [0.4, 0.5) is 43.4 Å². The predicted molar refractivity (Wildman–Crippen MR) is 250 cm³/mol. The number of pyridine rings is 2. The van der Waals surface area contributed by atoms with Crippen molar-refractivity contribution in [3.05, 3.63) is 108 Å². The van der Waals surface area contributed by atoms with E-state index in [2.05, 4.69) is 10.2 Å². The third-order valence-electron chi connectivity index (χ3n) is 12.6. The molecule has 0 radical (unpaired) electrons. The Balaban J connectivity index is 0.000000201. The van der Waals surface area contributed by atoms with Crippen LogP contribution < -0.4 is 16.9 Å². The SMILES string of the molecule is CC(C)Cn1c(O)c(C#N)c(C(F)(F)F)c(N=Nc2cccc3c2C(=O)N(C2CCCCC2)C3=O)c1=O.CC(C)Cn1c(O)c(C#N)c(C(F)(F)F)cc1=O.Nc1cccc2c1C(=O)N(C1CCCCC1)C2=O. The zero-order chi connectivity index (χ0) is 53.9. The first-order valence-electron chi connectivity index (χ1n) is 23.5. The second-order valence-electron chi connectivity index (χ2n) is 18.8. The molecule has 2 fully saturated rings. The molecule has 4 amide bonds. The summed E-state index contributed by atoms with van der Waals surface area (Å²) in [6, 6.07) is 12.0. The minimum absolute atomic E-state index is 0.0392. The number of aromatic hydroxyl groups is 2. The standard InChI is InChI=1S/C25H24F3N5O4.C14H16N2O2.C11H11F3N2O2/c1-13(2)12-32-21(34)16(11-29)19(25(26,27)28)20(24(32)37)31-30-17-10-6-9-15-18(17)23(36)33(22(15)35)14-7-4-3-5-8-14;15-11-8-4-7-10-12(11)14(18)16(13(10)17)9-5-2-1-3-6-9;1-6(2)5-16-9(17)3-8(11(12,13)14)7(4-15)10(16)18/h6,9-10,13-14,34H,3-5,7-8,12H2,1-2H3;4,7-9H,1-3,5-6,15H2;3,6,18H,5H2,1-2H3. The molecule has 4 aliphatic rings. The van der Waals surface area contributed by atoms with E-state index in [0.29, 0.717) is 40.3 Å². The van der Waals surface area contributed by atoms with E-state index in [1.54, 1.807) is 45.9 Å². The Kier molecular flexibility index (Phi) is 16.3. The Morgan fingerprint density at radius 2 is 1.11 bits per heavy atom. The molecule has 2 aliphatic heterocycles. The maximum Gasteiger partial charge on any atom is 0.420 e. The molecular weight excluding hydrogens is 969 g/mol. The second-order valence-corrected chi connectivity index (χ2v) is 18.8. The number of nitrogens with zero attached hydrogens (tertiary/aromatic N) is 8. The van der Waals surface area contributed by atoms with Crippen molar-refractivity contribution in [2.45, 2.75) is 129 Å². The van der Waals surface area contributed by atoms with Crippen LogP contribution in [0, 0.1) is 34.5 Å². The van der Waals surface area contributed by atoms with E-state index in [0.717, 1.165) is 49.5 Å². The Labute approximate surface area is 413 Å². The van der Waals surface area contributed by atoms with E-state index in [1.807, 2.05) is 0 Å². The number of nitriles is 2. The maximum absolute atomic E-state index is 13.9. The van der Waals surface area contributed by atoms with Gasteiger partial charge in [-0.3, -0.25) is 47.7 Å². The van der Waals surface area contributed by atoms with Crippen LogP contribution >= 0.6 is 0 Å². The average Bonchev–Trinajstić information content (AvgIpc) is 3.75. The molecule has 23 heteroatoms. The second kappa shape index (κ2) is 21.9. The summed E-state index contributed by atoms with van der Waals surface area (Å²) in [5.74, 6) is -3.87. The van der Waals surface area contributed by atoms with Crippen molar-refractivity contribution in [1.29, 1.82) is 10.5 Å². The molecule has 2 aromatic carbocycles. The Morgan fingerprint density at radius 3 is 1.58 bits per heavy atom. The van der Waals surface area contributed by atoms with Crippen LogP contribution in [-0.4, -0.2) is 64.9 Å². The lowest BCUT2D eigenvalue weighted by molar-refractivity contribution is -0.138. The summed E-state index contributed by atoms with van der Waals surface area (Å²) in [6.07, 6.45) is -0.765. The lowest BCUT2D eigenvalue weighted by atomic mass is 9.94. The number of hydrogen-bond acceptors (Lipinski definition) is 13. The minimum atomic E-state index is -5.21. The summed E-state index contributed by atoms with van der Waals surface area (Å²) in [5, 5.41) is 45.3. The van der Waals surface area contributed by atoms with Gasteiger partial charge in [-0.25, -0.2) is 0 Å². The molecule has 386 valence electrons. The van der Waals surface area contributed by atoms with E-state index >= 15 is 0 Å². The number of nitrogen functional groups attached to an aromatic ring is 1. The van der Waals surface area contributed by atoms with Gasteiger partial charge in [-0.1, -0.05) is 78.4 Å². The van der Waals surface area contributed by atoms with Crippen LogP contribution in [0.2, 0.25) is 0 Å². The van der Waals surface area contributed by atoms with Crippen LogP contribution in [0.5, 0.6) is 11.8 Å². The lowest BCUT2D eigenvalue weighted by Crippen LogP contribution is -2.40. The van der Waals surface area contributed by atoms with Gasteiger partial charge in [0.1, 0.15) is 28.8 Å². The number of anilines is 1. The Hall–Kier alpha value is -7.82. The van der Waals surface area contributed by atoms with Crippen molar-refractivity contribution in [3.8, 4) is 23.9 Å². The molecule has 4 N–H and O–H groups in total. The summed E-state index contributed by atoms with van der Waals surface area (Å²) in [6.45, 7) is 6.67. The van der Waals surface area contributed by atoms with Gasteiger partial charge < -0.3 is 15.9 Å². The van der Waals surface area contributed by atoms with Crippen LogP contribution in [0.1, 0.15) is 156 Å². The molecule has 0 spiro atoms. The average molecular weight is 1020 g/mol. The first-order valence-corrected chi connectivity index (χ1v) is 23.5. The molecule has 2 aromatic heterocycles. The van der Waals surface area contributed by atoms with E-state index < -0.39 is 75.0 Å². The predicted octanol–water partition coefficient (Wildman–Crippen LogP) is 9.74. The van der Waals surface area contributed by atoms with Gasteiger partial charge >= 0.3 is 12.4 Å². The highest BCUT2D eigenvalue weighted by Gasteiger charge is 2.44. The summed E-state index contributed by atoms with van der Waals surface area (Å²) in [7, 11) is 0. The number of nitrogens with two attached hydrogens (primary N) is 1. The zero-order valence-corrected chi connectivity index (χ0v) is 40.1. The smallest absolute Gasteiger partial charge is 0.420 e. The number of hydrogen-bond donors (Lipinski definition) is 3. The summed E-state index contributed by atoms with van der Waals surface area (Å²) in [4.78, 5) is 78.0. The van der Waals surface area contributed by atoms with Crippen molar-refractivity contribution in [1.82, 2.24) is 18.9 Å². The molecule has 17 nitrogen and oxygen atoms in total. The van der Waals surface area contributed by atoms with Crippen molar-refractivity contribution in [2.75, 3.05) is 5.73 Å². The van der Waals surface area contributed by atoms with Crippen molar-refractivity contribution >= 4 is 40.7 Å². The number of amides is 4. The number of alkyl halides is 6. The lowest BCUT2D eigenvalue weighted by Gasteiger charge is -2.29. The molecular formula is C50H51F6N9O8. The molecule has 2 aliphatic carbocycles. The normalized spacial score (nSPS) is 16.3. The topological polar surface area (TPSA) is 258 Å². The monoisotopic (exact) mass is 1020 g/mol. The van der Waals surface area contributed by atoms with Gasteiger partial charge in [-0.2, -0.15) is 36.9 Å². The maximum atomic E-state index is 13.9. The third kappa shape index (κ3) is 11.2. The van der Waals surface area contributed by atoms with Gasteiger partial charge in [0.25, 0.3) is 34.7 Å². The molecule has 0 saturated heterocycles. The highest BCUT2D eigenvalue weighted by molar-refractivity contribution is 6.24. The number of carbonyl (C=O) groups excluding carboxylic acids is 4. The minimum Gasteiger partial charge on any atom is -0.493 e. The molecule has 0 atom stereocenters. The largest absolute Gasteiger partial charge is 0.493 e. The number of halogens is 6. The van der Waals surface area contributed by atoms with E-state index in [-0.39, 0.29) is 65.6 Å². The molecule has 2 saturated carbocycles. The number of carbonyl (C=O) groups is 4. The summed E-state index contributed by atoms with van der Waals surface area (Å²) in [5.41, 5.74) is -1.82. The number of aromatic nitrogens is 2. The van der Waals surface area contributed by atoms with E-state index in [1.165, 1.54) is 46.6 Å². The number of fused-ring (bicyclic) bond motifs is 2. The summed E-state index contributed by atoms with van der Waals surface area (Å²) >= 11 is 0. The van der Waals surface area contributed by atoms with Gasteiger partial charge in [-0.15, -0.1) is 10.2 Å². The number of benzene rings is 2. The van der Waals surface area contributed by atoms with E-state index in [9.17, 15) is 70.6 Å². The van der Waals surface area contributed by atoms with Gasteiger partial charge in [0.2, 0.25) is 11.8 Å². The Bertz CT molecular complexity index is 3080. The van der Waals surface area contributed by atoms with Gasteiger partial charge in [0.15, 0.2) is 5.69 Å². The molecule has 0 bridgehead atoms. The van der Waals surface area contributed by atoms with Gasteiger partial charge in [0.05, 0.1) is 33.5 Å². The molecule has 8 rings (SSSR count). The Morgan fingerprint density at radius 1 is 0.644 bits per heavy atom. The first kappa shape index (κ1) is 54.5. The molecule has 4 aromatic rings. The van der Waals surface area contributed by atoms with Crippen LogP contribution in [0.3, 0.4) is 0 Å². The fraction of sp³-hybridized carbons (Fsp3) is 0.440. The number of azo groups is 1. The highest BCUT2D eigenvalue weighted by atomic mass is 19.4. The van der Waals surface area contributed by atoms with Gasteiger partial charge in [0, 0.05) is 36.9 Å². The fourth-order valence-corrected chi connectivity index (χ4v) is 9.36. The van der Waals surface area contributed by atoms with Crippen molar-refractivity contribution < 1.29 is 55.7 Å². The van der Waals surface area contributed by atoms with Crippen molar-refractivity contribution in [2.24, 2.45) is 22.1 Å². The van der Waals surface area contributed by atoms with Crippen molar-refractivity contribution in [3.63, 3.8) is 0 Å². The number of rotatable bonds is 8. The molecule has 4 heterocycles. The fourth-order valence-electron chi connectivity index (χ4n) is 9.36. The molecule has 0 unspecified atom stereocenters. The number of imide groups is 2. The van der Waals surface area contributed by atoms with E-state index in [4.69, 9.17) is 11.0 Å². The van der Waals surface area contributed by atoms with Crippen LogP contribution in [0.15, 0.2) is 62.3 Å². The van der Waals surface area contributed by atoms with Gasteiger partial charge in [-0.05, 0) is 61.8 Å². The zero-order valence-electron chi connectivity index (χ0n) is 40.1. The quantitative estimate of drug-likeness (QED) is 0.0647. The third-order valence-corrected chi connectivity index (χ3v) is 12.6.